The maximum absolute atomic E-state index is 13.8. The maximum Gasteiger partial charge on any atom is 0.326 e. The molecule has 0 bridgehead atoms. The Morgan fingerprint density at radius 1 is 0.863 bits per heavy atom. The average molecular weight is 691 g/mol. The molecule has 1 aromatic heterocycles. The molecule has 0 aliphatic carbocycles. The highest BCUT2D eigenvalue weighted by molar-refractivity contribution is 5.98. The molecule has 9 nitrogen and oxygen atoms in total. The van der Waals surface area contributed by atoms with E-state index in [1.807, 2.05) is 60.7 Å². The molecule has 1 aliphatic rings. The van der Waals surface area contributed by atoms with Crippen LogP contribution in [-0.2, 0) is 21.4 Å². The predicted octanol–water partition coefficient (Wildman–Crippen LogP) is 7.87. The summed E-state index contributed by atoms with van der Waals surface area (Å²) < 4.78 is 5.90. The molecule has 1 saturated heterocycles. The van der Waals surface area contributed by atoms with Gasteiger partial charge in [0.25, 0.3) is 5.91 Å². The van der Waals surface area contributed by atoms with Crippen molar-refractivity contribution in [1.29, 1.82) is 0 Å². The zero-order valence-electron chi connectivity index (χ0n) is 30.2. The van der Waals surface area contributed by atoms with Crippen molar-refractivity contribution in [3.05, 3.63) is 102 Å². The van der Waals surface area contributed by atoms with Gasteiger partial charge in [0.2, 0.25) is 5.91 Å². The number of hydrogen-bond acceptors (Lipinski definition) is 6. The van der Waals surface area contributed by atoms with Gasteiger partial charge in [-0.15, -0.1) is 0 Å². The summed E-state index contributed by atoms with van der Waals surface area (Å²) >= 11 is 0. The van der Waals surface area contributed by atoms with E-state index in [2.05, 4.69) is 43.0 Å². The van der Waals surface area contributed by atoms with Gasteiger partial charge in [0.1, 0.15) is 17.8 Å². The van der Waals surface area contributed by atoms with Crippen molar-refractivity contribution in [2.45, 2.75) is 96.6 Å². The van der Waals surface area contributed by atoms with Gasteiger partial charge in [0.05, 0.1) is 6.61 Å². The minimum Gasteiger partial charge on any atom is -0.494 e. The summed E-state index contributed by atoms with van der Waals surface area (Å²) in [5.41, 5.74) is 4.98. The third kappa shape index (κ3) is 10.0. The van der Waals surface area contributed by atoms with E-state index in [1.165, 1.54) is 30.6 Å². The van der Waals surface area contributed by atoms with Gasteiger partial charge >= 0.3 is 5.97 Å². The number of aromatic nitrogens is 2. The van der Waals surface area contributed by atoms with Gasteiger partial charge in [-0.2, -0.15) is 0 Å². The molecule has 2 atom stereocenters. The molecule has 0 spiro atoms. The fourth-order valence-corrected chi connectivity index (χ4v) is 6.34. The van der Waals surface area contributed by atoms with Crippen molar-refractivity contribution in [1.82, 2.24) is 20.2 Å². The monoisotopic (exact) mass is 690 g/mol. The number of rotatable bonds is 15. The Hall–Kier alpha value is -5.05. The standard InChI is InChI=1S/C42H50N4O5/c1-5-6-7-8-9-25-51-35-22-18-30(19-23-35)33-27-43-38(44-28-33)31-14-12-29(13-15-31)26-36(40(48)46-24-10-11-37(46)41(49)50)45-39(47)32-16-20-34(21-17-32)42(2,3)4/h12-23,27-28,36-37H,5-11,24-26H2,1-4H3,(H,45,47)(H,49,50)/t36-,37+/m0/s1. The Balaban J connectivity index is 1.25. The molecule has 0 saturated carbocycles. The Morgan fingerprint density at radius 2 is 1.51 bits per heavy atom. The third-order valence-electron chi connectivity index (χ3n) is 9.45. The Kier molecular flexibility index (Phi) is 12.6. The Labute approximate surface area is 301 Å². The summed E-state index contributed by atoms with van der Waals surface area (Å²) in [6, 6.07) is 21.0. The SMILES string of the molecule is CCCCCCCOc1ccc(-c2cnc(-c3ccc(C[C@H](NC(=O)c4ccc(C(C)(C)C)cc4)C(=O)N4CCC[C@@H]4C(=O)O)cc3)nc2)cc1. The Morgan fingerprint density at radius 3 is 2.14 bits per heavy atom. The molecule has 2 amide bonds. The van der Waals surface area contributed by atoms with Gasteiger partial charge in [-0.1, -0.05) is 102 Å². The van der Waals surface area contributed by atoms with Crippen LogP contribution in [0.25, 0.3) is 22.5 Å². The summed E-state index contributed by atoms with van der Waals surface area (Å²) in [5.74, 6) is -0.398. The van der Waals surface area contributed by atoms with Crippen LogP contribution in [0.3, 0.4) is 0 Å². The normalized spacial score (nSPS) is 15.0. The van der Waals surface area contributed by atoms with Gasteiger partial charge in [-0.3, -0.25) is 9.59 Å². The molecule has 0 unspecified atom stereocenters. The Bertz CT molecular complexity index is 1750. The number of nitrogens with zero attached hydrogens (tertiary/aromatic N) is 3. The van der Waals surface area contributed by atoms with Crippen molar-refractivity contribution in [3.8, 4) is 28.3 Å². The second kappa shape index (κ2) is 17.2. The first kappa shape index (κ1) is 37.2. The number of benzene rings is 3. The molecule has 9 heteroatoms. The first-order valence-corrected chi connectivity index (χ1v) is 18.1. The van der Waals surface area contributed by atoms with Crippen LogP contribution in [0.1, 0.15) is 94.1 Å². The summed E-state index contributed by atoms with van der Waals surface area (Å²) in [5, 5.41) is 12.7. The smallest absolute Gasteiger partial charge is 0.326 e. The number of nitrogens with one attached hydrogen (secondary N) is 1. The van der Waals surface area contributed by atoms with Crippen LogP contribution in [0.2, 0.25) is 0 Å². The highest BCUT2D eigenvalue weighted by atomic mass is 16.5. The van der Waals surface area contributed by atoms with E-state index in [0.29, 0.717) is 30.8 Å². The van der Waals surface area contributed by atoms with E-state index < -0.39 is 24.0 Å². The van der Waals surface area contributed by atoms with Crippen LogP contribution >= 0.6 is 0 Å². The van der Waals surface area contributed by atoms with E-state index in [1.54, 1.807) is 24.5 Å². The van der Waals surface area contributed by atoms with E-state index >= 15 is 0 Å². The number of hydrogen-bond donors (Lipinski definition) is 2. The molecule has 1 fully saturated rings. The summed E-state index contributed by atoms with van der Waals surface area (Å²) in [6.07, 6.45) is 10.8. The van der Waals surface area contributed by atoms with Gasteiger partial charge in [-0.25, -0.2) is 14.8 Å². The largest absolute Gasteiger partial charge is 0.494 e. The number of unbranched alkanes of at least 4 members (excludes halogenated alkanes) is 4. The van der Waals surface area contributed by atoms with Crippen molar-refractivity contribution in [2.24, 2.45) is 0 Å². The average Bonchev–Trinajstić information content (AvgIpc) is 3.64. The number of carbonyl (C=O) groups is 3. The highest BCUT2D eigenvalue weighted by Gasteiger charge is 2.37. The second-order valence-electron chi connectivity index (χ2n) is 14.4. The molecule has 0 radical (unpaired) electrons. The number of aliphatic carboxylic acids is 1. The van der Waals surface area contributed by atoms with Gasteiger partial charge in [-0.05, 0) is 65.6 Å². The molecular formula is C42H50N4O5. The molecule has 268 valence electrons. The molecule has 3 aromatic carbocycles. The van der Waals surface area contributed by atoms with Crippen molar-refractivity contribution < 1.29 is 24.2 Å². The van der Waals surface area contributed by atoms with E-state index in [9.17, 15) is 19.5 Å². The molecule has 5 rings (SSSR count). The molecule has 4 aromatic rings. The minimum atomic E-state index is -1.03. The third-order valence-corrected chi connectivity index (χ3v) is 9.45. The lowest BCUT2D eigenvalue weighted by atomic mass is 9.86. The number of carboxylic acids is 1. The predicted molar refractivity (Wildman–Crippen MR) is 200 cm³/mol. The van der Waals surface area contributed by atoms with Crippen LogP contribution in [0.4, 0.5) is 0 Å². The maximum atomic E-state index is 13.8. The fraction of sp³-hybridized carbons (Fsp3) is 0.405. The van der Waals surface area contributed by atoms with Gasteiger partial charge in [0, 0.05) is 42.0 Å². The summed E-state index contributed by atoms with van der Waals surface area (Å²) in [4.78, 5) is 49.7. The summed E-state index contributed by atoms with van der Waals surface area (Å²) in [7, 11) is 0. The topological polar surface area (TPSA) is 122 Å². The van der Waals surface area contributed by atoms with E-state index in [-0.39, 0.29) is 17.7 Å². The number of ether oxygens (including phenoxy) is 1. The van der Waals surface area contributed by atoms with Gasteiger partial charge < -0.3 is 20.1 Å². The van der Waals surface area contributed by atoms with Crippen LogP contribution in [-0.4, -0.2) is 63.0 Å². The first-order valence-electron chi connectivity index (χ1n) is 18.1. The van der Waals surface area contributed by atoms with Crippen LogP contribution in [0.15, 0.2) is 85.2 Å². The van der Waals surface area contributed by atoms with Crippen molar-refractivity contribution in [3.63, 3.8) is 0 Å². The van der Waals surface area contributed by atoms with E-state index in [4.69, 9.17) is 4.74 Å². The zero-order valence-corrected chi connectivity index (χ0v) is 30.2. The highest BCUT2D eigenvalue weighted by Crippen LogP contribution is 2.25. The van der Waals surface area contributed by atoms with Crippen LogP contribution in [0, 0.1) is 0 Å². The van der Waals surface area contributed by atoms with Gasteiger partial charge in [0.15, 0.2) is 5.82 Å². The molecule has 2 heterocycles. The van der Waals surface area contributed by atoms with Crippen molar-refractivity contribution in [2.75, 3.05) is 13.2 Å². The lowest BCUT2D eigenvalue weighted by Crippen LogP contribution is -2.52. The summed E-state index contributed by atoms with van der Waals surface area (Å²) in [6.45, 7) is 9.58. The molecular weight excluding hydrogens is 640 g/mol. The zero-order chi connectivity index (χ0) is 36.4. The number of carbonyl (C=O) groups excluding carboxylic acids is 2. The molecule has 2 N–H and O–H groups in total. The van der Waals surface area contributed by atoms with Crippen molar-refractivity contribution >= 4 is 17.8 Å². The van der Waals surface area contributed by atoms with Crippen LogP contribution < -0.4 is 10.1 Å². The lowest BCUT2D eigenvalue weighted by molar-refractivity contribution is -0.148. The molecule has 51 heavy (non-hydrogen) atoms. The number of amides is 2. The van der Waals surface area contributed by atoms with Crippen LogP contribution in [0.5, 0.6) is 5.75 Å². The number of carboxylic acid groups (broad SMARTS) is 1. The second-order valence-corrected chi connectivity index (χ2v) is 14.4. The first-order chi connectivity index (χ1) is 24.5. The molecule has 1 aliphatic heterocycles. The van der Waals surface area contributed by atoms with E-state index in [0.717, 1.165) is 46.6 Å². The lowest BCUT2D eigenvalue weighted by Gasteiger charge is -2.27. The number of likely N-dealkylation sites (tertiary alicyclic amines) is 1. The minimum absolute atomic E-state index is 0.0664. The quantitative estimate of drug-likeness (QED) is 0.122. The fourth-order valence-electron chi connectivity index (χ4n) is 6.34.